The van der Waals surface area contributed by atoms with Crippen LogP contribution in [0.1, 0.15) is 22.9 Å². The van der Waals surface area contributed by atoms with Gasteiger partial charge in [0.05, 0.1) is 12.1 Å². The Kier molecular flexibility index (Phi) is 2.86. The first-order valence-corrected chi connectivity index (χ1v) is 6.03. The zero-order chi connectivity index (χ0) is 13.2. The van der Waals surface area contributed by atoms with Crippen LogP contribution in [0.25, 0.3) is 0 Å². The first-order valence-electron chi connectivity index (χ1n) is 6.03. The number of rotatable bonds is 2. The number of nitriles is 1. The lowest BCUT2D eigenvalue weighted by Crippen LogP contribution is -2.22. The number of nitrogens with one attached hydrogen (secondary N) is 1. The molecule has 2 unspecified atom stereocenters. The molecule has 1 aliphatic carbocycles. The van der Waals surface area contributed by atoms with Gasteiger partial charge in [0.1, 0.15) is 6.07 Å². The predicted molar refractivity (Wildman–Crippen MR) is 69.3 cm³/mol. The highest BCUT2D eigenvalue weighted by atomic mass is 16.3. The van der Waals surface area contributed by atoms with E-state index in [1.54, 1.807) is 0 Å². The summed E-state index contributed by atoms with van der Waals surface area (Å²) in [6.45, 7) is 0. The van der Waals surface area contributed by atoms with Crippen molar-refractivity contribution < 1.29 is 5.11 Å². The Bertz CT molecular complexity index is 650. The van der Waals surface area contributed by atoms with Crippen molar-refractivity contribution in [2.75, 3.05) is 5.32 Å². The maximum absolute atomic E-state index is 10.1. The van der Waals surface area contributed by atoms with Crippen molar-refractivity contribution in [2.24, 2.45) is 0 Å². The van der Waals surface area contributed by atoms with Crippen LogP contribution in [-0.4, -0.2) is 21.2 Å². The summed E-state index contributed by atoms with van der Waals surface area (Å²) in [6.07, 6.45) is 3.08. The van der Waals surface area contributed by atoms with Gasteiger partial charge in [-0.25, -0.2) is 9.97 Å². The van der Waals surface area contributed by atoms with Crippen LogP contribution in [0.3, 0.4) is 0 Å². The van der Waals surface area contributed by atoms with Crippen LogP contribution in [0.4, 0.5) is 5.82 Å². The molecule has 0 saturated heterocycles. The molecule has 2 aromatic rings. The molecule has 2 atom stereocenters. The minimum atomic E-state index is -0.522. The van der Waals surface area contributed by atoms with Gasteiger partial charge >= 0.3 is 0 Å². The average Bonchev–Trinajstić information content (AvgIpc) is 2.76. The normalized spacial score (nSPS) is 20.6. The van der Waals surface area contributed by atoms with E-state index in [-0.39, 0.29) is 11.7 Å². The Balaban J connectivity index is 1.94. The number of aliphatic hydroxyl groups excluding tert-OH is 1. The quantitative estimate of drug-likeness (QED) is 0.844. The molecule has 0 bridgehead atoms. The lowest BCUT2D eigenvalue weighted by atomic mass is 10.1. The Morgan fingerprint density at radius 2 is 2.05 bits per heavy atom. The van der Waals surface area contributed by atoms with E-state index in [9.17, 15) is 5.11 Å². The van der Waals surface area contributed by atoms with Gasteiger partial charge < -0.3 is 10.4 Å². The zero-order valence-electron chi connectivity index (χ0n) is 10.1. The molecule has 0 saturated carbocycles. The summed E-state index contributed by atoms with van der Waals surface area (Å²) in [6, 6.07) is 9.61. The number of anilines is 1. The number of aromatic nitrogens is 2. The molecular formula is C14H12N4O. The average molecular weight is 252 g/mol. The van der Waals surface area contributed by atoms with Crippen molar-refractivity contribution in [3.05, 3.63) is 53.5 Å². The van der Waals surface area contributed by atoms with Crippen LogP contribution in [-0.2, 0) is 6.42 Å². The third kappa shape index (κ3) is 2.02. The van der Waals surface area contributed by atoms with Crippen LogP contribution in [0.2, 0.25) is 0 Å². The molecule has 5 nitrogen and oxygen atoms in total. The molecule has 1 heterocycles. The van der Waals surface area contributed by atoms with Gasteiger partial charge in [-0.15, -0.1) is 0 Å². The largest absolute Gasteiger partial charge is 0.390 e. The smallest absolute Gasteiger partial charge is 0.182 e. The molecule has 1 aromatic heterocycles. The third-order valence-corrected chi connectivity index (χ3v) is 3.30. The second kappa shape index (κ2) is 4.67. The highest BCUT2D eigenvalue weighted by molar-refractivity contribution is 5.51. The highest BCUT2D eigenvalue weighted by Crippen LogP contribution is 2.33. The molecule has 0 aliphatic heterocycles. The van der Waals surface area contributed by atoms with E-state index in [1.165, 1.54) is 12.4 Å². The summed E-state index contributed by atoms with van der Waals surface area (Å²) in [7, 11) is 0. The molecule has 3 rings (SSSR count). The minimum Gasteiger partial charge on any atom is -0.390 e. The maximum atomic E-state index is 10.1. The molecule has 0 spiro atoms. The SMILES string of the molecule is N#Cc1nccnc1NC1c2ccccc2CC1O. The highest BCUT2D eigenvalue weighted by Gasteiger charge is 2.31. The van der Waals surface area contributed by atoms with Gasteiger partial charge in [0.25, 0.3) is 0 Å². The summed E-state index contributed by atoms with van der Waals surface area (Å²) in [4.78, 5) is 8.07. The van der Waals surface area contributed by atoms with Gasteiger partial charge in [0, 0.05) is 18.8 Å². The predicted octanol–water partition coefficient (Wildman–Crippen LogP) is 1.42. The molecule has 0 radical (unpaired) electrons. The Hall–Kier alpha value is -2.45. The van der Waals surface area contributed by atoms with Crippen molar-refractivity contribution in [1.82, 2.24) is 9.97 Å². The Morgan fingerprint density at radius 3 is 2.89 bits per heavy atom. The van der Waals surface area contributed by atoms with E-state index in [4.69, 9.17) is 5.26 Å². The van der Waals surface area contributed by atoms with Crippen molar-refractivity contribution in [2.45, 2.75) is 18.6 Å². The third-order valence-electron chi connectivity index (χ3n) is 3.30. The van der Waals surface area contributed by atoms with Gasteiger partial charge in [-0.3, -0.25) is 0 Å². The summed E-state index contributed by atoms with van der Waals surface area (Å²) >= 11 is 0. The molecule has 0 amide bonds. The number of hydrogen-bond acceptors (Lipinski definition) is 5. The molecule has 94 valence electrons. The Morgan fingerprint density at radius 1 is 1.26 bits per heavy atom. The van der Waals surface area contributed by atoms with E-state index >= 15 is 0 Å². The van der Waals surface area contributed by atoms with Crippen molar-refractivity contribution >= 4 is 5.82 Å². The van der Waals surface area contributed by atoms with Gasteiger partial charge in [-0.2, -0.15) is 5.26 Å². The van der Waals surface area contributed by atoms with Crippen LogP contribution >= 0.6 is 0 Å². The first-order chi connectivity index (χ1) is 9.29. The number of aliphatic hydroxyl groups is 1. The summed E-state index contributed by atoms with van der Waals surface area (Å²) in [5, 5.41) is 22.3. The number of benzene rings is 1. The standard InChI is InChI=1S/C14H12N4O/c15-8-11-14(17-6-5-16-11)18-13-10-4-2-1-3-9(10)7-12(13)19/h1-6,12-13,19H,7H2,(H,17,18). The van der Waals surface area contributed by atoms with Crippen LogP contribution in [0, 0.1) is 11.3 Å². The molecule has 2 N–H and O–H groups in total. The summed E-state index contributed by atoms with van der Waals surface area (Å²) < 4.78 is 0. The van der Waals surface area contributed by atoms with Crippen LogP contribution in [0.15, 0.2) is 36.7 Å². The number of hydrogen-bond donors (Lipinski definition) is 2. The molecule has 0 fully saturated rings. The zero-order valence-corrected chi connectivity index (χ0v) is 10.1. The van der Waals surface area contributed by atoms with Gasteiger partial charge in [0.15, 0.2) is 11.5 Å². The van der Waals surface area contributed by atoms with E-state index in [2.05, 4.69) is 15.3 Å². The second-order valence-corrected chi connectivity index (χ2v) is 4.46. The molecule has 5 heteroatoms. The molecule has 1 aliphatic rings. The van der Waals surface area contributed by atoms with Gasteiger partial charge in [-0.05, 0) is 11.1 Å². The van der Waals surface area contributed by atoms with E-state index in [1.807, 2.05) is 30.3 Å². The van der Waals surface area contributed by atoms with Crippen molar-refractivity contribution in [1.29, 1.82) is 5.26 Å². The van der Waals surface area contributed by atoms with Gasteiger partial charge in [-0.1, -0.05) is 24.3 Å². The topological polar surface area (TPSA) is 81.8 Å². The van der Waals surface area contributed by atoms with E-state index < -0.39 is 6.10 Å². The monoisotopic (exact) mass is 252 g/mol. The van der Waals surface area contributed by atoms with E-state index in [0.717, 1.165) is 11.1 Å². The fraction of sp³-hybridized carbons (Fsp3) is 0.214. The lowest BCUT2D eigenvalue weighted by molar-refractivity contribution is 0.165. The van der Waals surface area contributed by atoms with Crippen LogP contribution < -0.4 is 5.32 Å². The summed E-state index contributed by atoms with van der Waals surface area (Å²) in [5.41, 5.74) is 2.40. The van der Waals surface area contributed by atoms with Crippen molar-refractivity contribution in [3.63, 3.8) is 0 Å². The van der Waals surface area contributed by atoms with Gasteiger partial charge in [0.2, 0.25) is 0 Å². The first kappa shape index (κ1) is 11.6. The number of fused-ring (bicyclic) bond motifs is 1. The molecule has 1 aromatic carbocycles. The van der Waals surface area contributed by atoms with Crippen LogP contribution in [0.5, 0.6) is 0 Å². The molecular weight excluding hydrogens is 240 g/mol. The van der Waals surface area contributed by atoms with Crippen molar-refractivity contribution in [3.8, 4) is 6.07 Å². The fourth-order valence-electron chi connectivity index (χ4n) is 2.42. The maximum Gasteiger partial charge on any atom is 0.182 e. The second-order valence-electron chi connectivity index (χ2n) is 4.46. The van der Waals surface area contributed by atoms with E-state index in [0.29, 0.717) is 12.2 Å². The minimum absolute atomic E-state index is 0.235. The lowest BCUT2D eigenvalue weighted by Gasteiger charge is -2.18. The fourth-order valence-corrected chi connectivity index (χ4v) is 2.42. The number of nitrogens with zero attached hydrogens (tertiary/aromatic N) is 3. The Labute approximate surface area is 110 Å². The molecule has 19 heavy (non-hydrogen) atoms. The summed E-state index contributed by atoms with van der Waals surface area (Å²) in [5.74, 6) is 0.408.